The van der Waals surface area contributed by atoms with Crippen LogP contribution in [0.1, 0.15) is 32.6 Å². The summed E-state index contributed by atoms with van der Waals surface area (Å²) in [5.41, 5.74) is 10.9. The number of halogens is 2. The minimum Gasteiger partial charge on any atom is -0.397 e. The van der Waals surface area contributed by atoms with Crippen LogP contribution >= 0.6 is 11.6 Å². The van der Waals surface area contributed by atoms with Crippen molar-refractivity contribution in [3.63, 3.8) is 0 Å². The SMILES string of the molecule is CC1CCC(O)(CNc2c(N)cc(N)c(Cl)c2F)CC1. The fraction of sp³-hybridized carbons (Fsp3) is 0.571. The van der Waals surface area contributed by atoms with E-state index in [0.29, 0.717) is 18.8 Å². The number of hydrogen-bond acceptors (Lipinski definition) is 4. The predicted octanol–water partition coefficient (Wildman–Crippen LogP) is 3.00. The molecule has 1 fully saturated rings. The molecule has 1 aliphatic rings. The first-order valence-electron chi connectivity index (χ1n) is 6.81. The number of hydrogen-bond donors (Lipinski definition) is 4. The Balaban J connectivity index is 2.10. The maximum Gasteiger partial charge on any atom is 0.169 e. The molecule has 4 nitrogen and oxygen atoms in total. The van der Waals surface area contributed by atoms with Crippen molar-refractivity contribution >= 4 is 28.7 Å². The highest BCUT2D eigenvalue weighted by molar-refractivity contribution is 6.33. The van der Waals surface area contributed by atoms with Crippen molar-refractivity contribution in [2.24, 2.45) is 5.92 Å². The molecular weight excluding hydrogens is 281 g/mol. The molecule has 2 rings (SSSR count). The second kappa shape index (κ2) is 5.66. The van der Waals surface area contributed by atoms with Gasteiger partial charge in [0.1, 0.15) is 5.02 Å². The van der Waals surface area contributed by atoms with E-state index in [1.165, 1.54) is 6.07 Å². The fourth-order valence-electron chi connectivity index (χ4n) is 2.58. The molecule has 6 N–H and O–H groups in total. The summed E-state index contributed by atoms with van der Waals surface area (Å²) in [4.78, 5) is 0. The molecule has 0 heterocycles. The molecule has 6 heteroatoms. The average Bonchev–Trinajstić information content (AvgIpc) is 2.40. The van der Waals surface area contributed by atoms with E-state index in [1.807, 2.05) is 0 Å². The molecule has 0 atom stereocenters. The molecule has 0 saturated heterocycles. The van der Waals surface area contributed by atoms with Gasteiger partial charge in [0.05, 0.1) is 22.7 Å². The molecule has 0 bridgehead atoms. The third-order valence-electron chi connectivity index (χ3n) is 4.06. The van der Waals surface area contributed by atoms with E-state index in [0.717, 1.165) is 12.8 Å². The third-order valence-corrected chi connectivity index (χ3v) is 4.45. The Morgan fingerprint density at radius 3 is 2.60 bits per heavy atom. The summed E-state index contributed by atoms with van der Waals surface area (Å²) in [7, 11) is 0. The normalized spacial score (nSPS) is 26.5. The molecule has 0 amide bonds. The lowest BCUT2D eigenvalue weighted by molar-refractivity contribution is 0.00498. The zero-order valence-corrected chi connectivity index (χ0v) is 12.3. The molecule has 0 aromatic heterocycles. The molecule has 1 aromatic carbocycles. The Morgan fingerprint density at radius 1 is 1.40 bits per heavy atom. The van der Waals surface area contributed by atoms with Crippen molar-refractivity contribution in [3.05, 3.63) is 16.9 Å². The first-order chi connectivity index (χ1) is 9.32. The van der Waals surface area contributed by atoms with Gasteiger partial charge in [-0.3, -0.25) is 0 Å². The van der Waals surface area contributed by atoms with Gasteiger partial charge in [0.15, 0.2) is 5.82 Å². The predicted molar refractivity (Wildman–Crippen MR) is 81.3 cm³/mol. The van der Waals surface area contributed by atoms with Gasteiger partial charge in [0.25, 0.3) is 0 Å². The van der Waals surface area contributed by atoms with Crippen molar-refractivity contribution in [3.8, 4) is 0 Å². The van der Waals surface area contributed by atoms with E-state index in [1.54, 1.807) is 0 Å². The van der Waals surface area contributed by atoms with E-state index in [-0.39, 0.29) is 28.6 Å². The Hall–Kier alpha value is -1.20. The number of benzene rings is 1. The molecule has 0 aliphatic heterocycles. The maximum absolute atomic E-state index is 14.0. The van der Waals surface area contributed by atoms with Crippen molar-refractivity contribution in [1.82, 2.24) is 0 Å². The molecule has 1 saturated carbocycles. The van der Waals surface area contributed by atoms with E-state index in [2.05, 4.69) is 12.2 Å². The van der Waals surface area contributed by atoms with E-state index >= 15 is 0 Å². The topological polar surface area (TPSA) is 84.3 Å². The first kappa shape index (κ1) is 15.2. The zero-order chi connectivity index (χ0) is 14.9. The van der Waals surface area contributed by atoms with Gasteiger partial charge in [-0.25, -0.2) is 4.39 Å². The van der Waals surface area contributed by atoms with Crippen LogP contribution in [0.15, 0.2) is 6.07 Å². The summed E-state index contributed by atoms with van der Waals surface area (Å²) in [5, 5.41) is 13.2. The van der Waals surface area contributed by atoms with Crippen LogP contribution in [-0.4, -0.2) is 17.3 Å². The summed E-state index contributed by atoms with van der Waals surface area (Å²) < 4.78 is 14.0. The molecule has 0 unspecified atom stereocenters. The second-order valence-electron chi connectivity index (χ2n) is 5.82. The van der Waals surface area contributed by atoms with Crippen molar-refractivity contribution in [2.75, 3.05) is 23.3 Å². The number of rotatable bonds is 3. The lowest BCUT2D eigenvalue weighted by Gasteiger charge is -2.35. The van der Waals surface area contributed by atoms with Crippen LogP contribution in [0.25, 0.3) is 0 Å². The average molecular weight is 302 g/mol. The highest BCUT2D eigenvalue weighted by atomic mass is 35.5. The van der Waals surface area contributed by atoms with Gasteiger partial charge in [-0.2, -0.15) is 0 Å². The van der Waals surface area contributed by atoms with E-state index in [9.17, 15) is 9.50 Å². The van der Waals surface area contributed by atoms with Gasteiger partial charge in [-0.15, -0.1) is 0 Å². The molecule has 0 radical (unpaired) electrons. The third kappa shape index (κ3) is 3.10. The fourth-order valence-corrected chi connectivity index (χ4v) is 2.72. The van der Waals surface area contributed by atoms with E-state index in [4.69, 9.17) is 23.1 Å². The number of nitrogen functional groups attached to an aromatic ring is 2. The maximum atomic E-state index is 14.0. The number of aliphatic hydroxyl groups is 1. The van der Waals surface area contributed by atoms with E-state index < -0.39 is 11.4 Å². The lowest BCUT2D eigenvalue weighted by atomic mass is 9.79. The van der Waals surface area contributed by atoms with Crippen LogP contribution < -0.4 is 16.8 Å². The zero-order valence-electron chi connectivity index (χ0n) is 11.5. The van der Waals surface area contributed by atoms with Gasteiger partial charge in [0, 0.05) is 6.54 Å². The minimum absolute atomic E-state index is 0.108. The molecule has 1 aliphatic carbocycles. The minimum atomic E-state index is -0.820. The molecular formula is C14H21ClFN3O. The largest absolute Gasteiger partial charge is 0.397 e. The van der Waals surface area contributed by atoms with Gasteiger partial charge in [-0.1, -0.05) is 18.5 Å². The molecule has 0 spiro atoms. The molecule has 1 aromatic rings. The van der Waals surface area contributed by atoms with Gasteiger partial charge in [0.2, 0.25) is 0 Å². The molecule has 20 heavy (non-hydrogen) atoms. The second-order valence-corrected chi connectivity index (χ2v) is 6.20. The summed E-state index contributed by atoms with van der Waals surface area (Å²) in [6.45, 7) is 2.42. The van der Waals surface area contributed by atoms with Crippen LogP contribution in [0, 0.1) is 11.7 Å². The van der Waals surface area contributed by atoms with Gasteiger partial charge < -0.3 is 21.9 Å². The summed E-state index contributed by atoms with van der Waals surface area (Å²) in [6, 6.07) is 1.42. The smallest absolute Gasteiger partial charge is 0.169 e. The van der Waals surface area contributed by atoms with Gasteiger partial charge in [-0.05, 0) is 37.7 Å². The Labute approximate surface area is 123 Å². The van der Waals surface area contributed by atoms with Crippen molar-refractivity contribution in [2.45, 2.75) is 38.2 Å². The monoisotopic (exact) mass is 301 g/mol. The summed E-state index contributed by atoms with van der Waals surface area (Å²) in [5.74, 6) is -0.0417. The Morgan fingerprint density at radius 2 is 2.00 bits per heavy atom. The highest BCUT2D eigenvalue weighted by Crippen LogP contribution is 2.36. The molecule has 112 valence electrons. The van der Waals surface area contributed by atoms with Crippen LogP contribution in [0.3, 0.4) is 0 Å². The Kier molecular flexibility index (Phi) is 4.30. The highest BCUT2D eigenvalue weighted by Gasteiger charge is 2.32. The number of nitrogens with one attached hydrogen (secondary N) is 1. The van der Waals surface area contributed by atoms with Crippen LogP contribution in [0.5, 0.6) is 0 Å². The van der Waals surface area contributed by atoms with Crippen molar-refractivity contribution in [1.29, 1.82) is 0 Å². The summed E-state index contributed by atoms with van der Waals surface area (Å²) in [6.07, 6.45) is 3.34. The number of anilines is 3. The van der Waals surface area contributed by atoms with Crippen LogP contribution in [0.2, 0.25) is 5.02 Å². The summed E-state index contributed by atoms with van der Waals surface area (Å²) >= 11 is 5.77. The van der Waals surface area contributed by atoms with Gasteiger partial charge >= 0.3 is 0 Å². The Bertz CT molecular complexity index is 502. The lowest BCUT2D eigenvalue weighted by Crippen LogP contribution is -2.40. The van der Waals surface area contributed by atoms with Crippen molar-refractivity contribution < 1.29 is 9.50 Å². The van der Waals surface area contributed by atoms with Crippen LogP contribution in [0.4, 0.5) is 21.5 Å². The van der Waals surface area contributed by atoms with Crippen LogP contribution in [-0.2, 0) is 0 Å². The number of nitrogens with two attached hydrogens (primary N) is 2. The quantitative estimate of drug-likeness (QED) is 0.647. The standard InChI is InChI=1S/C14H21ClFN3O/c1-8-2-4-14(20,5-3-8)7-19-13-10(18)6-9(17)11(15)12(13)16/h6,8,19-20H,2-5,7,17-18H2,1H3. The first-order valence-corrected chi connectivity index (χ1v) is 7.19.